The van der Waals surface area contributed by atoms with E-state index in [2.05, 4.69) is 28.5 Å². The van der Waals surface area contributed by atoms with E-state index in [1.807, 2.05) is 49.4 Å². The van der Waals surface area contributed by atoms with Crippen molar-refractivity contribution >= 4 is 5.97 Å². The molecule has 0 spiro atoms. The predicted octanol–water partition coefficient (Wildman–Crippen LogP) is 4.04. The van der Waals surface area contributed by atoms with Gasteiger partial charge < -0.3 is 16.2 Å². The first-order chi connectivity index (χ1) is 14.5. The van der Waals surface area contributed by atoms with E-state index in [0.717, 1.165) is 30.6 Å². The summed E-state index contributed by atoms with van der Waals surface area (Å²) in [5.41, 5.74) is 11.5. The molecule has 5 heteroatoms. The molecular formula is C25H29N3O2. The van der Waals surface area contributed by atoms with Crippen LogP contribution in [0.3, 0.4) is 0 Å². The molecule has 5 nitrogen and oxygen atoms in total. The van der Waals surface area contributed by atoms with Gasteiger partial charge in [0.05, 0.1) is 6.42 Å². The minimum absolute atomic E-state index is 0.0935. The van der Waals surface area contributed by atoms with Crippen LogP contribution in [0.2, 0.25) is 0 Å². The van der Waals surface area contributed by atoms with Gasteiger partial charge >= 0.3 is 5.97 Å². The Bertz CT molecular complexity index is 943. The van der Waals surface area contributed by atoms with Crippen molar-refractivity contribution in [1.82, 2.24) is 10.3 Å². The first kappa shape index (κ1) is 21.7. The van der Waals surface area contributed by atoms with Gasteiger partial charge in [-0.15, -0.1) is 0 Å². The summed E-state index contributed by atoms with van der Waals surface area (Å²) in [7, 11) is 0. The fraction of sp³-hybridized carbons (Fsp3) is 0.280. The Kier molecular flexibility index (Phi) is 7.71. The van der Waals surface area contributed by atoms with E-state index in [1.165, 1.54) is 16.7 Å². The SMILES string of the molecule is C[C@H](N)c1ccccc1.O=C(O)CC(c1ccncc1)c1ccc2c(c1)CNCC2. The van der Waals surface area contributed by atoms with Gasteiger partial charge in [-0.3, -0.25) is 9.78 Å². The summed E-state index contributed by atoms with van der Waals surface area (Å²) < 4.78 is 0. The first-order valence-electron chi connectivity index (χ1n) is 10.3. The number of carbonyl (C=O) groups is 1. The topological polar surface area (TPSA) is 88.2 Å². The summed E-state index contributed by atoms with van der Waals surface area (Å²) in [6.45, 7) is 3.85. The van der Waals surface area contributed by atoms with Gasteiger partial charge in [0.25, 0.3) is 0 Å². The minimum atomic E-state index is -0.785. The highest BCUT2D eigenvalue weighted by Gasteiger charge is 2.19. The quantitative estimate of drug-likeness (QED) is 0.598. The maximum Gasteiger partial charge on any atom is 0.304 e. The van der Waals surface area contributed by atoms with Gasteiger partial charge in [-0.2, -0.15) is 0 Å². The third-order valence-electron chi connectivity index (χ3n) is 5.33. The van der Waals surface area contributed by atoms with Crippen LogP contribution in [-0.4, -0.2) is 22.6 Å². The molecule has 0 saturated heterocycles. The highest BCUT2D eigenvalue weighted by Crippen LogP contribution is 2.30. The van der Waals surface area contributed by atoms with Crippen molar-refractivity contribution in [3.63, 3.8) is 0 Å². The summed E-state index contributed by atoms with van der Waals surface area (Å²) in [4.78, 5) is 15.2. The zero-order valence-corrected chi connectivity index (χ0v) is 17.3. The third-order valence-corrected chi connectivity index (χ3v) is 5.33. The summed E-state index contributed by atoms with van der Waals surface area (Å²) in [6.07, 6.45) is 4.55. The number of fused-ring (bicyclic) bond motifs is 1. The highest BCUT2D eigenvalue weighted by atomic mass is 16.4. The van der Waals surface area contributed by atoms with Crippen molar-refractivity contribution in [3.8, 4) is 0 Å². The monoisotopic (exact) mass is 403 g/mol. The lowest BCUT2D eigenvalue weighted by atomic mass is 9.86. The predicted molar refractivity (Wildman–Crippen MR) is 119 cm³/mol. The fourth-order valence-electron chi connectivity index (χ4n) is 3.67. The van der Waals surface area contributed by atoms with Crippen molar-refractivity contribution in [1.29, 1.82) is 0 Å². The van der Waals surface area contributed by atoms with Crippen LogP contribution in [0.5, 0.6) is 0 Å². The smallest absolute Gasteiger partial charge is 0.304 e. The summed E-state index contributed by atoms with van der Waals surface area (Å²) in [5.74, 6) is -0.912. The van der Waals surface area contributed by atoms with E-state index in [-0.39, 0.29) is 18.4 Å². The van der Waals surface area contributed by atoms with Crippen LogP contribution in [0, 0.1) is 0 Å². The summed E-state index contributed by atoms with van der Waals surface area (Å²) >= 11 is 0. The van der Waals surface area contributed by atoms with Gasteiger partial charge in [0.2, 0.25) is 0 Å². The zero-order valence-electron chi connectivity index (χ0n) is 17.3. The molecule has 0 fully saturated rings. The standard InChI is InChI=1S/C17H18N2O2.C8H11N/c20-17(21)10-16(13-4-6-18-7-5-13)14-2-1-12-3-8-19-11-15(12)9-14;1-7(9)8-5-3-2-4-6-8/h1-2,4-7,9,16,19H,3,8,10-11H2,(H,20,21);2-7H,9H2,1H3/t;7-/m.0/s1. The largest absolute Gasteiger partial charge is 0.481 e. The fourth-order valence-corrected chi connectivity index (χ4v) is 3.67. The molecule has 0 amide bonds. The second kappa shape index (κ2) is 10.7. The van der Waals surface area contributed by atoms with E-state index >= 15 is 0 Å². The lowest BCUT2D eigenvalue weighted by Crippen LogP contribution is -2.23. The van der Waals surface area contributed by atoms with Gasteiger partial charge in [-0.1, -0.05) is 48.5 Å². The normalized spacial score (nSPS) is 14.6. The number of aromatic nitrogens is 1. The van der Waals surface area contributed by atoms with E-state index in [0.29, 0.717) is 0 Å². The number of nitrogens with zero attached hydrogens (tertiary/aromatic N) is 1. The van der Waals surface area contributed by atoms with Crippen LogP contribution in [0.1, 0.15) is 53.1 Å². The Morgan fingerprint density at radius 1 is 1.03 bits per heavy atom. The molecule has 1 unspecified atom stereocenters. The average molecular weight is 404 g/mol. The molecule has 30 heavy (non-hydrogen) atoms. The number of carboxylic acid groups (broad SMARTS) is 1. The van der Waals surface area contributed by atoms with E-state index in [9.17, 15) is 9.90 Å². The Balaban J connectivity index is 0.000000239. The van der Waals surface area contributed by atoms with Crippen LogP contribution in [0.15, 0.2) is 73.1 Å². The van der Waals surface area contributed by atoms with Gasteiger partial charge in [0, 0.05) is 30.9 Å². The zero-order chi connectivity index (χ0) is 21.3. The van der Waals surface area contributed by atoms with Gasteiger partial charge in [0.1, 0.15) is 0 Å². The summed E-state index contributed by atoms with van der Waals surface area (Å²) in [5, 5.41) is 12.6. The van der Waals surface area contributed by atoms with Crippen LogP contribution in [0.25, 0.3) is 0 Å². The van der Waals surface area contributed by atoms with E-state index < -0.39 is 5.97 Å². The number of benzene rings is 2. The van der Waals surface area contributed by atoms with Crippen LogP contribution in [-0.2, 0) is 17.8 Å². The molecule has 0 radical (unpaired) electrons. The van der Waals surface area contributed by atoms with Crippen molar-refractivity contribution in [2.45, 2.75) is 38.3 Å². The molecule has 2 heterocycles. The number of pyridine rings is 1. The highest BCUT2D eigenvalue weighted by molar-refractivity contribution is 5.69. The Morgan fingerprint density at radius 3 is 2.40 bits per heavy atom. The van der Waals surface area contributed by atoms with Crippen LogP contribution in [0.4, 0.5) is 0 Å². The summed E-state index contributed by atoms with van der Waals surface area (Å²) in [6, 6.07) is 20.4. The molecule has 156 valence electrons. The molecular weight excluding hydrogens is 374 g/mol. The molecule has 0 saturated carbocycles. The molecule has 4 rings (SSSR count). The number of carboxylic acids is 1. The maximum atomic E-state index is 11.2. The lowest BCUT2D eigenvalue weighted by Gasteiger charge is -2.21. The second-order valence-electron chi connectivity index (χ2n) is 7.59. The van der Waals surface area contributed by atoms with Crippen LogP contribution >= 0.6 is 0 Å². The van der Waals surface area contributed by atoms with Crippen molar-refractivity contribution in [2.24, 2.45) is 5.73 Å². The number of aliphatic carboxylic acids is 1. The number of nitrogens with two attached hydrogens (primary N) is 1. The Morgan fingerprint density at radius 2 is 1.77 bits per heavy atom. The molecule has 1 aromatic heterocycles. The first-order valence-corrected chi connectivity index (χ1v) is 10.3. The number of hydrogen-bond donors (Lipinski definition) is 3. The maximum absolute atomic E-state index is 11.2. The molecule has 4 N–H and O–H groups in total. The van der Waals surface area contributed by atoms with E-state index in [1.54, 1.807) is 12.4 Å². The number of hydrogen-bond acceptors (Lipinski definition) is 4. The number of nitrogens with one attached hydrogen (secondary N) is 1. The average Bonchev–Trinajstić information content (AvgIpc) is 2.78. The molecule has 0 aliphatic carbocycles. The van der Waals surface area contributed by atoms with Gasteiger partial charge in [-0.25, -0.2) is 0 Å². The molecule has 2 atom stereocenters. The number of rotatable bonds is 5. The molecule has 3 aromatic rings. The molecule has 1 aliphatic rings. The van der Waals surface area contributed by atoms with Crippen molar-refractivity contribution in [3.05, 3.63) is 101 Å². The third kappa shape index (κ3) is 5.99. The van der Waals surface area contributed by atoms with Crippen molar-refractivity contribution in [2.75, 3.05) is 6.54 Å². The van der Waals surface area contributed by atoms with Gasteiger partial charge in [-0.05, 0) is 59.8 Å². The second-order valence-corrected chi connectivity index (χ2v) is 7.59. The van der Waals surface area contributed by atoms with E-state index in [4.69, 9.17) is 5.73 Å². The van der Waals surface area contributed by atoms with Crippen LogP contribution < -0.4 is 11.1 Å². The molecule has 2 aromatic carbocycles. The lowest BCUT2D eigenvalue weighted by molar-refractivity contribution is -0.137. The van der Waals surface area contributed by atoms with Crippen molar-refractivity contribution < 1.29 is 9.90 Å². The molecule has 1 aliphatic heterocycles. The molecule has 0 bridgehead atoms. The van der Waals surface area contributed by atoms with Gasteiger partial charge in [0.15, 0.2) is 0 Å². The Hall–Kier alpha value is -3.02. The minimum Gasteiger partial charge on any atom is -0.481 e. The Labute approximate surface area is 178 Å².